The van der Waals surface area contributed by atoms with Crippen molar-refractivity contribution in [3.05, 3.63) is 59.6 Å². The van der Waals surface area contributed by atoms with Gasteiger partial charge in [0.25, 0.3) is 5.91 Å². The molecule has 0 fully saturated rings. The number of carbonyl (C=O) groups is 3. The molecule has 0 bridgehead atoms. The molecule has 2 aromatic carbocycles. The second-order valence-corrected chi connectivity index (χ2v) is 6.16. The molecule has 2 amide bonds. The Morgan fingerprint density at radius 2 is 1.89 bits per heavy atom. The smallest absolute Gasteiger partial charge is 0.355 e. The minimum Gasteiger partial charge on any atom is -0.451 e. The van der Waals surface area contributed by atoms with E-state index in [9.17, 15) is 14.4 Å². The summed E-state index contributed by atoms with van der Waals surface area (Å²) in [6.45, 7) is -0.469. The Morgan fingerprint density at radius 1 is 1.11 bits per heavy atom. The number of benzene rings is 2. The zero-order chi connectivity index (χ0) is 19.2. The summed E-state index contributed by atoms with van der Waals surface area (Å²) >= 11 is 5.85. The highest BCUT2D eigenvalue weighted by Crippen LogP contribution is 2.20. The van der Waals surface area contributed by atoms with Crippen LogP contribution in [0, 0.1) is 0 Å². The maximum absolute atomic E-state index is 12.2. The Hall–Kier alpha value is -3.19. The van der Waals surface area contributed by atoms with Crippen LogP contribution in [0.5, 0.6) is 0 Å². The second kappa shape index (κ2) is 8.46. The number of ether oxygens (including phenoxy) is 1. The molecule has 0 atom stereocenters. The lowest BCUT2D eigenvalue weighted by molar-refractivity contribution is -0.140. The van der Waals surface area contributed by atoms with Crippen molar-refractivity contribution in [2.45, 2.75) is 12.8 Å². The number of carbonyl (C=O) groups excluding carboxylic acids is 3. The minimum atomic E-state index is -0.732. The van der Waals surface area contributed by atoms with Crippen LogP contribution in [0.2, 0.25) is 5.02 Å². The van der Waals surface area contributed by atoms with Crippen molar-refractivity contribution < 1.29 is 19.1 Å². The predicted molar refractivity (Wildman–Crippen MR) is 102 cm³/mol. The zero-order valence-electron chi connectivity index (χ0n) is 14.2. The Morgan fingerprint density at radius 3 is 2.63 bits per heavy atom. The molecule has 7 nitrogen and oxygen atoms in total. The van der Waals surface area contributed by atoms with Crippen molar-refractivity contribution in [2.75, 3.05) is 16.9 Å². The minimum absolute atomic E-state index is 0.0917. The summed E-state index contributed by atoms with van der Waals surface area (Å²) in [5.74, 6) is -1.45. The Balaban J connectivity index is 1.60. The van der Waals surface area contributed by atoms with Crippen molar-refractivity contribution in [2.24, 2.45) is 5.10 Å². The SMILES string of the molecule is O=C(COC(=O)C1=NN(c2ccccc2)C(=O)CC1)Nc1cccc(Cl)c1. The van der Waals surface area contributed by atoms with Crippen LogP contribution in [0.1, 0.15) is 12.8 Å². The van der Waals surface area contributed by atoms with Crippen LogP contribution in [0.3, 0.4) is 0 Å². The highest BCUT2D eigenvalue weighted by atomic mass is 35.5. The first kappa shape index (κ1) is 18.6. The molecule has 1 heterocycles. The summed E-state index contributed by atoms with van der Waals surface area (Å²) in [4.78, 5) is 36.2. The fourth-order valence-electron chi connectivity index (χ4n) is 2.45. The molecular weight excluding hydrogens is 370 g/mol. The largest absolute Gasteiger partial charge is 0.451 e. The van der Waals surface area contributed by atoms with E-state index in [1.54, 1.807) is 48.5 Å². The van der Waals surface area contributed by atoms with E-state index in [0.717, 1.165) is 0 Å². The lowest BCUT2D eigenvalue weighted by Crippen LogP contribution is -2.35. The lowest BCUT2D eigenvalue weighted by atomic mass is 10.1. The molecule has 0 aromatic heterocycles. The maximum Gasteiger partial charge on any atom is 0.355 e. The van der Waals surface area contributed by atoms with Gasteiger partial charge in [-0.2, -0.15) is 5.10 Å². The Kier molecular flexibility index (Phi) is 5.83. The van der Waals surface area contributed by atoms with Crippen molar-refractivity contribution in [1.82, 2.24) is 0 Å². The van der Waals surface area contributed by atoms with Gasteiger partial charge in [-0.25, -0.2) is 9.80 Å². The third kappa shape index (κ3) is 4.92. The third-order valence-electron chi connectivity index (χ3n) is 3.71. The number of para-hydroxylation sites is 1. The molecule has 0 radical (unpaired) electrons. The van der Waals surface area contributed by atoms with Crippen LogP contribution in [-0.4, -0.2) is 30.1 Å². The van der Waals surface area contributed by atoms with Crippen LogP contribution < -0.4 is 10.3 Å². The van der Waals surface area contributed by atoms with E-state index >= 15 is 0 Å². The van der Waals surface area contributed by atoms with Crippen molar-refractivity contribution in [3.63, 3.8) is 0 Å². The van der Waals surface area contributed by atoms with E-state index < -0.39 is 18.5 Å². The van der Waals surface area contributed by atoms with E-state index in [-0.39, 0.29) is 24.5 Å². The molecule has 0 saturated heterocycles. The Bertz CT molecular complexity index is 899. The van der Waals surface area contributed by atoms with Crippen molar-refractivity contribution >= 4 is 46.5 Å². The second-order valence-electron chi connectivity index (χ2n) is 5.72. The summed E-state index contributed by atoms with van der Waals surface area (Å²) in [6.07, 6.45) is 0.300. The number of amides is 2. The fourth-order valence-corrected chi connectivity index (χ4v) is 2.64. The summed E-state index contributed by atoms with van der Waals surface area (Å²) in [5, 5.41) is 8.31. The van der Waals surface area contributed by atoms with E-state index in [4.69, 9.17) is 16.3 Å². The van der Waals surface area contributed by atoms with E-state index in [1.807, 2.05) is 6.07 Å². The number of rotatable bonds is 5. The van der Waals surface area contributed by atoms with Crippen LogP contribution in [0.4, 0.5) is 11.4 Å². The van der Waals surface area contributed by atoms with Crippen LogP contribution in [-0.2, 0) is 19.1 Å². The number of anilines is 2. The molecule has 1 aliphatic heterocycles. The first-order valence-corrected chi connectivity index (χ1v) is 8.59. The number of nitrogens with zero attached hydrogens (tertiary/aromatic N) is 2. The molecular formula is C19H16ClN3O4. The van der Waals surface area contributed by atoms with E-state index in [2.05, 4.69) is 10.4 Å². The average Bonchev–Trinajstić information content (AvgIpc) is 2.67. The molecule has 0 saturated carbocycles. The summed E-state index contributed by atoms with van der Waals surface area (Å²) in [6, 6.07) is 15.4. The molecule has 1 aliphatic rings. The third-order valence-corrected chi connectivity index (χ3v) is 3.95. The van der Waals surface area contributed by atoms with Gasteiger partial charge in [-0.05, 0) is 30.3 Å². The monoisotopic (exact) mass is 385 g/mol. The van der Waals surface area contributed by atoms with Crippen LogP contribution >= 0.6 is 11.6 Å². The topological polar surface area (TPSA) is 88.1 Å². The number of halogens is 1. The van der Waals surface area contributed by atoms with Gasteiger partial charge in [-0.15, -0.1) is 0 Å². The van der Waals surface area contributed by atoms with E-state index in [0.29, 0.717) is 16.4 Å². The highest BCUT2D eigenvalue weighted by molar-refractivity contribution is 6.38. The van der Waals surface area contributed by atoms with Gasteiger partial charge < -0.3 is 10.1 Å². The van der Waals surface area contributed by atoms with Gasteiger partial charge in [0.1, 0.15) is 5.71 Å². The molecule has 138 valence electrons. The molecule has 0 aliphatic carbocycles. The Labute approximate surface area is 160 Å². The number of hydrogen-bond acceptors (Lipinski definition) is 5. The van der Waals surface area contributed by atoms with Gasteiger partial charge >= 0.3 is 5.97 Å². The number of nitrogens with one attached hydrogen (secondary N) is 1. The molecule has 27 heavy (non-hydrogen) atoms. The first-order valence-electron chi connectivity index (χ1n) is 8.21. The molecule has 0 spiro atoms. The van der Waals surface area contributed by atoms with Crippen molar-refractivity contribution in [1.29, 1.82) is 0 Å². The first-order chi connectivity index (χ1) is 13.0. The van der Waals surface area contributed by atoms with E-state index in [1.165, 1.54) is 5.01 Å². The normalized spacial score (nSPS) is 13.7. The summed E-state index contributed by atoms with van der Waals surface area (Å²) in [5.41, 5.74) is 1.15. The van der Waals surface area contributed by atoms with Gasteiger partial charge in [-0.3, -0.25) is 9.59 Å². The molecule has 3 rings (SSSR count). The van der Waals surface area contributed by atoms with Gasteiger partial charge in [0.2, 0.25) is 5.91 Å². The van der Waals surface area contributed by atoms with Crippen molar-refractivity contribution in [3.8, 4) is 0 Å². The van der Waals surface area contributed by atoms with Crippen LogP contribution in [0.15, 0.2) is 59.7 Å². The number of esters is 1. The summed E-state index contributed by atoms with van der Waals surface area (Å²) < 4.78 is 5.01. The standard InChI is InChI=1S/C19H16ClN3O4/c20-13-5-4-6-14(11-13)21-17(24)12-27-19(26)16-9-10-18(25)23(22-16)15-7-2-1-3-8-15/h1-8,11H,9-10,12H2,(H,21,24). The maximum atomic E-state index is 12.2. The fraction of sp³-hybridized carbons (Fsp3) is 0.158. The molecule has 8 heteroatoms. The lowest BCUT2D eigenvalue weighted by Gasteiger charge is -2.22. The quantitative estimate of drug-likeness (QED) is 0.801. The zero-order valence-corrected chi connectivity index (χ0v) is 15.0. The average molecular weight is 386 g/mol. The number of hydrazone groups is 1. The van der Waals surface area contributed by atoms with Gasteiger partial charge in [0, 0.05) is 23.6 Å². The highest BCUT2D eigenvalue weighted by Gasteiger charge is 2.26. The molecule has 0 unspecified atom stereocenters. The molecule has 2 aromatic rings. The van der Waals surface area contributed by atoms with Gasteiger partial charge in [0.15, 0.2) is 6.61 Å². The van der Waals surface area contributed by atoms with Gasteiger partial charge in [-0.1, -0.05) is 35.9 Å². The van der Waals surface area contributed by atoms with Crippen LogP contribution in [0.25, 0.3) is 0 Å². The summed E-state index contributed by atoms with van der Waals surface area (Å²) in [7, 11) is 0. The molecule has 1 N–H and O–H groups in total. The predicted octanol–water partition coefficient (Wildman–Crippen LogP) is 3.00. The van der Waals surface area contributed by atoms with Gasteiger partial charge in [0.05, 0.1) is 5.69 Å². The number of hydrogen-bond donors (Lipinski definition) is 1.